The predicted molar refractivity (Wildman–Crippen MR) is 127 cm³/mol. The first-order valence-corrected chi connectivity index (χ1v) is 11.4. The smallest absolute Gasteiger partial charge is 0.232 e. The zero-order valence-electron chi connectivity index (χ0n) is 18.7. The summed E-state index contributed by atoms with van der Waals surface area (Å²) in [4.78, 5) is 32.1. The second kappa shape index (κ2) is 9.02. The van der Waals surface area contributed by atoms with E-state index in [2.05, 4.69) is 24.0 Å². The molecule has 1 aliphatic heterocycles. The van der Waals surface area contributed by atoms with E-state index in [9.17, 15) is 9.59 Å². The maximum Gasteiger partial charge on any atom is 0.232 e. The van der Waals surface area contributed by atoms with Gasteiger partial charge in [0.15, 0.2) is 5.78 Å². The van der Waals surface area contributed by atoms with Crippen molar-refractivity contribution in [2.45, 2.75) is 45.1 Å². The van der Waals surface area contributed by atoms with Crippen molar-refractivity contribution < 1.29 is 14.3 Å². The van der Waals surface area contributed by atoms with Crippen LogP contribution in [0.25, 0.3) is 0 Å². The lowest BCUT2D eigenvalue weighted by molar-refractivity contribution is -0.119. The summed E-state index contributed by atoms with van der Waals surface area (Å²) in [5.41, 5.74) is 5.63. The number of aromatic nitrogens is 1. The third-order valence-corrected chi connectivity index (χ3v) is 6.35. The van der Waals surface area contributed by atoms with E-state index in [1.165, 1.54) is 5.56 Å². The standard InChI is InChI=1S/C28H26N2O3/c1-19-5-2-6-20(15-19)18-33-23-12-10-21(11-13-23)24-16-27(32)30(22-7-4-14-29-17-22)25-8-3-9-26(31)28(24)25/h2,4-7,10-15,17,24H,3,8-9,16,18H2,1H3. The Kier molecular flexibility index (Phi) is 5.78. The molecule has 1 aliphatic carbocycles. The number of carbonyl (C=O) groups excluding carboxylic acids is 2. The molecule has 1 aromatic heterocycles. The lowest BCUT2D eigenvalue weighted by atomic mass is 9.77. The molecule has 0 bridgehead atoms. The molecule has 0 saturated heterocycles. The zero-order chi connectivity index (χ0) is 22.8. The molecule has 0 radical (unpaired) electrons. The first-order chi connectivity index (χ1) is 16.1. The summed E-state index contributed by atoms with van der Waals surface area (Å²) in [6.07, 6.45) is 5.65. The van der Waals surface area contributed by atoms with Crippen LogP contribution >= 0.6 is 0 Å². The Labute approximate surface area is 193 Å². The molecule has 0 fully saturated rings. The first kappa shape index (κ1) is 21.1. The van der Waals surface area contributed by atoms with Crippen LogP contribution in [0.1, 0.15) is 48.3 Å². The van der Waals surface area contributed by atoms with Gasteiger partial charge < -0.3 is 4.74 Å². The van der Waals surface area contributed by atoms with Crippen molar-refractivity contribution in [3.8, 4) is 5.75 Å². The van der Waals surface area contributed by atoms with Crippen LogP contribution in [0.4, 0.5) is 5.69 Å². The molecule has 0 saturated carbocycles. The number of hydrogen-bond donors (Lipinski definition) is 0. The fraction of sp³-hybridized carbons (Fsp3) is 0.250. The number of amides is 1. The second-order valence-corrected chi connectivity index (χ2v) is 8.68. The molecule has 0 spiro atoms. The molecule has 5 heteroatoms. The zero-order valence-corrected chi connectivity index (χ0v) is 18.7. The molecular weight excluding hydrogens is 412 g/mol. The van der Waals surface area contributed by atoms with E-state index in [1.807, 2.05) is 48.5 Å². The van der Waals surface area contributed by atoms with Gasteiger partial charge >= 0.3 is 0 Å². The van der Waals surface area contributed by atoms with E-state index in [0.29, 0.717) is 13.0 Å². The quantitative estimate of drug-likeness (QED) is 0.528. The van der Waals surface area contributed by atoms with Crippen LogP contribution in [-0.4, -0.2) is 16.7 Å². The van der Waals surface area contributed by atoms with Crippen molar-refractivity contribution in [3.05, 3.63) is 101 Å². The van der Waals surface area contributed by atoms with Gasteiger partial charge in [0.25, 0.3) is 0 Å². The molecule has 2 aliphatic rings. The Hall–Kier alpha value is -3.73. The fourth-order valence-corrected chi connectivity index (χ4v) is 4.83. The van der Waals surface area contributed by atoms with Gasteiger partial charge in [-0.3, -0.25) is 19.5 Å². The molecule has 0 N–H and O–H groups in total. The van der Waals surface area contributed by atoms with Gasteiger partial charge in [0.05, 0.1) is 11.9 Å². The van der Waals surface area contributed by atoms with Crippen LogP contribution in [0.3, 0.4) is 0 Å². The average molecular weight is 439 g/mol. The number of Topliss-reactive ketones (excluding diaryl/α,β-unsaturated/α-hetero) is 1. The minimum atomic E-state index is -0.223. The maximum absolute atomic E-state index is 13.2. The number of pyridine rings is 1. The van der Waals surface area contributed by atoms with Gasteiger partial charge in [-0.25, -0.2) is 0 Å². The molecule has 166 valence electrons. The van der Waals surface area contributed by atoms with Crippen molar-refractivity contribution in [2.24, 2.45) is 0 Å². The molecule has 2 aromatic carbocycles. The highest BCUT2D eigenvalue weighted by molar-refractivity contribution is 6.07. The number of ketones is 1. The van der Waals surface area contributed by atoms with Gasteiger partial charge in [-0.1, -0.05) is 42.0 Å². The summed E-state index contributed by atoms with van der Waals surface area (Å²) < 4.78 is 5.95. The highest BCUT2D eigenvalue weighted by Crippen LogP contribution is 2.43. The molecule has 1 unspecified atom stereocenters. The minimum Gasteiger partial charge on any atom is -0.489 e. The Morgan fingerprint density at radius 1 is 1.03 bits per heavy atom. The predicted octanol–water partition coefficient (Wildman–Crippen LogP) is 5.50. The van der Waals surface area contributed by atoms with Gasteiger partial charge in [0.2, 0.25) is 5.91 Å². The van der Waals surface area contributed by atoms with Gasteiger partial charge in [-0.15, -0.1) is 0 Å². The lowest BCUT2D eigenvalue weighted by Crippen LogP contribution is -2.40. The van der Waals surface area contributed by atoms with Crippen molar-refractivity contribution in [2.75, 3.05) is 4.90 Å². The number of rotatable bonds is 5. The second-order valence-electron chi connectivity index (χ2n) is 8.68. The van der Waals surface area contributed by atoms with E-state index in [-0.39, 0.29) is 24.0 Å². The summed E-state index contributed by atoms with van der Waals surface area (Å²) in [6, 6.07) is 19.8. The van der Waals surface area contributed by atoms with E-state index >= 15 is 0 Å². The normalized spacial score (nSPS) is 18.3. The third kappa shape index (κ3) is 4.31. The van der Waals surface area contributed by atoms with Gasteiger partial charge in [-0.05, 0) is 55.2 Å². The van der Waals surface area contributed by atoms with Crippen LogP contribution in [0.15, 0.2) is 84.3 Å². The Morgan fingerprint density at radius 3 is 2.64 bits per heavy atom. The number of nitrogens with zero attached hydrogens (tertiary/aromatic N) is 2. The van der Waals surface area contributed by atoms with Crippen LogP contribution < -0.4 is 9.64 Å². The van der Waals surface area contributed by atoms with Crippen LogP contribution in [0.5, 0.6) is 5.75 Å². The molecule has 1 amide bonds. The van der Waals surface area contributed by atoms with E-state index in [0.717, 1.165) is 46.7 Å². The SMILES string of the molecule is Cc1cccc(COc2ccc(C3CC(=O)N(c4cccnc4)C4=C3C(=O)CCC4)cc2)c1. The monoisotopic (exact) mass is 438 g/mol. The average Bonchev–Trinajstić information content (AvgIpc) is 2.83. The van der Waals surface area contributed by atoms with Crippen molar-refractivity contribution in [3.63, 3.8) is 0 Å². The Balaban J connectivity index is 1.41. The highest BCUT2D eigenvalue weighted by atomic mass is 16.5. The van der Waals surface area contributed by atoms with Crippen LogP contribution in [0.2, 0.25) is 0 Å². The van der Waals surface area contributed by atoms with Crippen molar-refractivity contribution >= 4 is 17.4 Å². The Bertz CT molecular complexity index is 1220. The van der Waals surface area contributed by atoms with Gasteiger partial charge in [0, 0.05) is 36.2 Å². The molecule has 5 nitrogen and oxygen atoms in total. The van der Waals surface area contributed by atoms with Gasteiger partial charge in [-0.2, -0.15) is 0 Å². The molecule has 3 aromatic rings. The van der Waals surface area contributed by atoms with E-state index in [4.69, 9.17) is 4.74 Å². The lowest BCUT2D eigenvalue weighted by Gasteiger charge is -2.38. The van der Waals surface area contributed by atoms with Crippen LogP contribution in [0, 0.1) is 6.92 Å². The van der Waals surface area contributed by atoms with E-state index in [1.54, 1.807) is 17.3 Å². The maximum atomic E-state index is 13.2. The van der Waals surface area contributed by atoms with Gasteiger partial charge in [0.1, 0.15) is 12.4 Å². The van der Waals surface area contributed by atoms with Crippen molar-refractivity contribution in [1.29, 1.82) is 0 Å². The summed E-state index contributed by atoms with van der Waals surface area (Å²) in [7, 11) is 0. The molecular formula is C28H26N2O3. The van der Waals surface area contributed by atoms with E-state index < -0.39 is 0 Å². The third-order valence-electron chi connectivity index (χ3n) is 6.35. The molecule has 5 rings (SSSR count). The number of allylic oxidation sites excluding steroid dienone is 2. The number of benzene rings is 2. The number of anilines is 1. The Morgan fingerprint density at radius 2 is 1.88 bits per heavy atom. The summed E-state index contributed by atoms with van der Waals surface area (Å²) in [6.45, 7) is 2.56. The highest BCUT2D eigenvalue weighted by Gasteiger charge is 2.39. The molecule has 2 heterocycles. The molecule has 33 heavy (non-hydrogen) atoms. The topological polar surface area (TPSA) is 59.5 Å². The number of hydrogen-bond acceptors (Lipinski definition) is 4. The summed E-state index contributed by atoms with van der Waals surface area (Å²) in [5.74, 6) is 0.686. The van der Waals surface area contributed by atoms with Crippen LogP contribution in [-0.2, 0) is 16.2 Å². The number of ether oxygens (including phenoxy) is 1. The summed E-state index contributed by atoms with van der Waals surface area (Å²) >= 11 is 0. The number of aryl methyl sites for hydroxylation is 1. The minimum absolute atomic E-state index is 0.00113. The largest absolute Gasteiger partial charge is 0.489 e. The number of carbonyl (C=O) groups is 2. The fourth-order valence-electron chi connectivity index (χ4n) is 4.83. The molecule has 1 atom stereocenters. The summed E-state index contributed by atoms with van der Waals surface area (Å²) in [5, 5.41) is 0. The first-order valence-electron chi connectivity index (χ1n) is 11.4. The van der Waals surface area contributed by atoms with Crippen molar-refractivity contribution in [1.82, 2.24) is 4.98 Å².